The third-order valence-corrected chi connectivity index (χ3v) is 4.78. The lowest BCUT2D eigenvalue weighted by atomic mass is 10.1. The summed E-state index contributed by atoms with van der Waals surface area (Å²) in [5.74, 6) is -0.119. The molecule has 1 amide bonds. The molecule has 1 N–H and O–H groups in total. The molecule has 0 spiro atoms. The average Bonchev–Trinajstić information content (AvgIpc) is 2.99. The van der Waals surface area contributed by atoms with E-state index in [9.17, 15) is 4.79 Å². The van der Waals surface area contributed by atoms with E-state index in [4.69, 9.17) is 9.15 Å². The van der Waals surface area contributed by atoms with Gasteiger partial charge in [-0.3, -0.25) is 4.79 Å². The highest BCUT2D eigenvalue weighted by molar-refractivity contribution is 6.06. The summed E-state index contributed by atoms with van der Waals surface area (Å²) in [7, 11) is 2.11. The Balaban J connectivity index is 1.41. The molecule has 2 aromatic carbocycles. The van der Waals surface area contributed by atoms with Crippen LogP contribution in [0.5, 0.6) is 0 Å². The first kappa shape index (κ1) is 16.1. The van der Waals surface area contributed by atoms with Gasteiger partial charge in [0.2, 0.25) is 5.91 Å². The van der Waals surface area contributed by atoms with Crippen LogP contribution in [0.15, 0.2) is 46.9 Å². The highest BCUT2D eigenvalue weighted by atomic mass is 16.5. The van der Waals surface area contributed by atoms with Crippen LogP contribution in [0.4, 0.5) is 5.69 Å². The standard InChI is InChI=1S/C20H22N2O3/c1-22-10-8-15(9-11-22)24-13-20(23)21-14-6-7-19-17(12-14)16-4-2-3-5-18(16)25-19/h2-7,12,15H,8-11,13H2,1H3,(H,21,23). The summed E-state index contributed by atoms with van der Waals surface area (Å²) in [6, 6.07) is 13.6. The molecule has 5 heteroatoms. The largest absolute Gasteiger partial charge is 0.456 e. The Bertz CT molecular complexity index is 894. The Morgan fingerprint density at radius 3 is 2.76 bits per heavy atom. The molecule has 130 valence electrons. The van der Waals surface area contributed by atoms with Crippen molar-refractivity contribution >= 4 is 33.5 Å². The first-order valence-electron chi connectivity index (χ1n) is 8.70. The third kappa shape index (κ3) is 3.52. The SMILES string of the molecule is CN1CCC(OCC(=O)Nc2ccc3oc4ccccc4c3c2)CC1. The smallest absolute Gasteiger partial charge is 0.250 e. The molecular weight excluding hydrogens is 316 g/mol. The van der Waals surface area contributed by atoms with Gasteiger partial charge in [0, 0.05) is 29.5 Å². The normalized spacial score (nSPS) is 16.5. The fourth-order valence-corrected chi connectivity index (χ4v) is 3.35. The molecule has 1 aliphatic heterocycles. The molecule has 1 saturated heterocycles. The van der Waals surface area contributed by atoms with E-state index in [1.807, 2.05) is 42.5 Å². The number of benzene rings is 2. The van der Waals surface area contributed by atoms with Gasteiger partial charge in [0.15, 0.2) is 0 Å². The van der Waals surface area contributed by atoms with Crippen LogP contribution in [0.25, 0.3) is 21.9 Å². The molecule has 0 bridgehead atoms. The number of carbonyl (C=O) groups excluding carboxylic acids is 1. The fourth-order valence-electron chi connectivity index (χ4n) is 3.35. The second kappa shape index (κ2) is 6.86. The van der Waals surface area contributed by atoms with Crippen LogP contribution in [0.3, 0.4) is 0 Å². The number of piperidine rings is 1. The van der Waals surface area contributed by atoms with Gasteiger partial charge in [-0.2, -0.15) is 0 Å². The van der Waals surface area contributed by atoms with Crippen molar-refractivity contribution in [3.05, 3.63) is 42.5 Å². The molecule has 25 heavy (non-hydrogen) atoms. The van der Waals surface area contributed by atoms with Crippen LogP contribution < -0.4 is 5.32 Å². The molecule has 0 unspecified atom stereocenters. The Hall–Kier alpha value is -2.37. The second-order valence-corrected chi connectivity index (χ2v) is 6.67. The summed E-state index contributed by atoms with van der Waals surface area (Å²) >= 11 is 0. The first-order chi connectivity index (χ1) is 12.2. The van der Waals surface area contributed by atoms with Gasteiger partial charge in [-0.15, -0.1) is 0 Å². The number of nitrogens with zero attached hydrogens (tertiary/aromatic N) is 1. The molecule has 0 saturated carbocycles. The highest BCUT2D eigenvalue weighted by Gasteiger charge is 2.18. The van der Waals surface area contributed by atoms with Crippen LogP contribution in [-0.2, 0) is 9.53 Å². The fraction of sp³-hybridized carbons (Fsp3) is 0.350. The number of hydrogen-bond acceptors (Lipinski definition) is 4. The molecule has 0 aliphatic carbocycles. The summed E-state index contributed by atoms with van der Waals surface area (Å²) in [5, 5.41) is 4.98. The summed E-state index contributed by atoms with van der Waals surface area (Å²) in [6.07, 6.45) is 2.15. The van der Waals surface area contributed by atoms with Gasteiger partial charge in [0.05, 0.1) is 6.10 Å². The average molecular weight is 338 g/mol. The van der Waals surface area contributed by atoms with Crippen molar-refractivity contribution in [1.29, 1.82) is 0 Å². The van der Waals surface area contributed by atoms with E-state index in [0.717, 1.165) is 53.6 Å². The Morgan fingerprint density at radius 1 is 1.16 bits per heavy atom. The molecule has 1 aromatic heterocycles. The number of ether oxygens (including phenoxy) is 1. The number of likely N-dealkylation sites (tertiary alicyclic amines) is 1. The Kier molecular flexibility index (Phi) is 4.42. The number of anilines is 1. The second-order valence-electron chi connectivity index (χ2n) is 6.67. The van der Waals surface area contributed by atoms with Crippen molar-refractivity contribution in [3.8, 4) is 0 Å². The molecule has 5 nitrogen and oxygen atoms in total. The van der Waals surface area contributed by atoms with E-state index >= 15 is 0 Å². The number of para-hydroxylation sites is 1. The van der Waals surface area contributed by atoms with Crippen LogP contribution in [0.1, 0.15) is 12.8 Å². The highest BCUT2D eigenvalue weighted by Crippen LogP contribution is 2.30. The minimum atomic E-state index is -0.119. The van der Waals surface area contributed by atoms with Gasteiger partial charge in [-0.05, 0) is 44.2 Å². The molecule has 2 heterocycles. The van der Waals surface area contributed by atoms with Crippen LogP contribution in [-0.4, -0.2) is 43.7 Å². The number of nitrogens with one attached hydrogen (secondary N) is 1. The molecule has 4 rings (SSSR count). The van der Waals surface area contributed by atoms with E-state index in [1.165, 1.54) is 0 Å². The zero-order chi connectivity index (χ0) is 17.2. The summed E-state index contributed by atoms with van der Waals surface area (Å²) in [4.78, 5) is 14.5. The zero-order valence-corrected chi connectivity index (χ0v) is 14.3. The van der Waals surface area contributed by atoms with Crippen LogP contribution >= 0.6 is 0 Å². The van der Waals surface area contributed by atoms with Gasteiger partial charge >= 0.3 is 0 Å². The molecule has 3 aromatic rings. The van der Waals surface area contributed by atoms with Crippen molar-refractivity contribution in [1.82, 2.24) is 4.90 Å². The molecule has 0 radical (unpaired) electrons. The number of carbonyl (C=O) groups is 1. The third-order valence-electron chi connectivity index (χ3n) is 4.78. The van der Waals surface area contributed by atoms with E-state index < -0.39 is 0 Å². The first-order valence-corrected chi connectivity index (χ1v) is 8.70. The van der Waals surface area contributed by atoms with Gasteiger partial charge < -0.3 is 19.4 Å². The van der Waals surface area contributed by atoms with Gasteiger partial charge in [0.1, 0.15) is 17.8 Å². The maximum absolute atomic E-state index is 12.2. The topological polar surface area (TPSA) is 54.7 Å². The van der Waals surface area contributed by atoms with Gasteiger partial charge in [-0.1, -0.05) is 18.2 Å². The maximum atomic E-state index is 12.2. The van der Waals surface area contributed by atoms with Crippen LogP contribution in [0, 0.1) is 0 Å². The monoisotopic (exact) mass is 338 g/mol. The van der Waals surface area contributed by atoms with Crippen molar-refractivity contribution in [3.63, 3.8) is 0 Å². The number of amides is 1. The minimum absolute atomic E-state index is 0.0958. The number of fused-ring (bicyclic) bond motifs is 3. The van der Waals surface area contributed by atoms with Crippen molar-refractivity contribution in [2.24, 2.45) is 0 Å². The Labute approximate surface area is 146 Å². The quantitative estimate of drug-likeness (QED) is 0.789. The lowest BCUT2D eigenvalue weighted by Crippen LogP contribution is -2.35. The Morgan fingerprint density at radius 2 is 1.92 bits per heavy atom. The zero-order valence-electron chi connectivity index (χ0n) is 14.3. The van der Waals surface area contributed by atoms with E-state index in [0.29, 0.717) is 0 Å². The predicted molar refractivity (Wildman–Crippen MR) is 98.8 cm³/mol. The predicted octanol–water partition coefficient (Wildman–Crippen LogP) is 3.64. The van der Waals surface area contributed by atoms with E-state index in [-0.39, 0.29) is 18.6 Å². The lowest BCUT2D eigenvalue weighted by molar-refractivity contribution is -0.123. The number of hydrogen-bond donors (Lipinski definition) is 1. The summed E-state index contributed by atoms with van der Waals surface area (Å²) in [5.41, 5.74) is 2.43. The van der Waals surface area contributed by atoms with Gasteiger partial charge in [-0.25, -0.2) is 0 Å². The maximum Gasteiger partial charge on any atom is 0.250 e. The minimum Gasteiger partial charge on any atom is -0.456 e. The molecule has 1 fully saturated rings. The summed E-state index contributed by atoms with van der Waals surface area (Å²) < 4.78 is 11.6. The summed E-state index contributed by atoms with van der Waals surface area (Å²) in [6.45, 7) is 2.14. The van der Waals surface area contributed by atoms with E-state index in [1.54, 1.807) is 0 Å². The molecule has 1 aliphatic rings. The van der Waals surface area contributed by atoms with Crippen molar-refractivity contribution < 1.29 is 13.9 Å². The van der Waals surface area contributed by atoms with Crippen molar-refractivity contribution in [2.45, 2.75) is 18.9 Å². The molecule has 0 atom stereocenters. The van der Waals surface area contributed by atoms with Crippen molar-refractivity contribution in [2.75, 3.05) is 32.1 Å². The van der Waals surface area contributed by atoms with Crippen LogP contribution in [0.2, 0.25) is 0 Å². The lowest BCUT2D eigenvalue weighted by Gasteiger charge is -2.28. The van der Waals surface area contributed by atoms with Gasteiger partial charge in [0.25, 0.3) is 0 Å². The van der Waals surface area contributed by atoms with E-state index in [2.05, 4.69) is 17.3 Å². The number of furan rings is 1. The molecular formula is C20H22N2O3. The number of rotatable bonds is 4.